The Labute approximate surface area is 89.1 Å². The molecule has 0 aromatic heterocycles. The van der Waals surface area contributed by atoms with Crippen molar-refractivity contribution in [1.29, 1.82) is 0 Å². The van der Waals surface area contributed by atoms with Crippen molar-refractivity contribution in [3.05, 3.63) is 24.4 Å². The summed E-state index contributed by atoms with van der Waals surface area (Å²) in [6.07, 6.45) is 7.23. The molecule has 1 nitrogen and oxygen atoms in total. The Morgan fingerprint density at radius 2 is 1.79 bits per heavy atom. The molecule has 0 saturated heterocycles. The zero-order valence-corrected chi connectivity index (χ0v) is 9.81. The molecule has 0 bridgehead atoms. The summed E-state index contributed by atoms with van der Waals surface area (Å²) in [6.45, 7) is 12.0. The minimum absolute atomic E-state index is 0.778. The summed E-state index contributed by atoms with van der Waals surface area (Å²) in [4.78, 5) is 0. The highest BCUT2D eigenvalue weighted by Gasteiger charge is 2.01. The van der Waals surface area contributed by atoms with Crippen molar-refractivity contribution in [1.82, 2.24) is 0 Å². The van der Waals surface area contributed by atoms with Crippen molar-refractivity contribution >= 4 is 0 Å². The van der Waals surface area contributed by atoms with Gasteiger partial charge in [0.05, 0.1) is 0 Å². The SMILES string of the molecule is C=C(C)CCCCC(C)CCC(=C)N. The zero-order valence-electron chi connectivity index (χ0n) is 9.81. The topological polar surface area (TPSA) is 26.0 Å². The van der Waals surface area contributed by atoms with Crippen LogP contribution in [-0.2, 0) is 0 Å². The second-order valence-electron chi connectivity index (χ2n) is 4.50. The molecule has 0 spiro atoms. The van der Waals surface area contributed by atoms with Crippen LogP contribution in [0.25, 0.3) is 0 Å². The Kier molecular flexibility index (Phi) is 7.27. The van der Waals surface area contributed by atoms with Gasteiger partial charge in [0.25, 0.3) is 0 Å². The third-order valence-electron chi connectivity index (χ3n) is 2.51. The molecule has 14 heavy (non-hydrogen) atoms. The molecule has 1 heteroatoms. The quantitative estimate of drug-likeness (QED) is 0.459. The third-order valence-corrected chi connectivity index (χ3v) is 2.51. The fourth-order valence-corrected chi connectivity index (χ4v) is 1.50. The number of nitrogens with two attached hydrogens (primary N) is 1. The van der Waals surface area contributed by atoms with Crippen LogP contribution in [0.1, 0.15) is 52.4 Å². The minimum Gasteiger partial charge on any atom is -0.403 e. The normalized spacial score (nSPS) is 12.4. The van der Waals surface area contributed by atoms with Gasteiger partial charge in [0.15, 0.2) is 0 Å². The van der Waals surface area contributed by atoms with Crippen LogP contribution in [0.15, 0.2) is 24.4 Å². The van der Waals surface area contributed by atoms with E-state index < -0.39 is 0 Å². The first kappa shape index (κ1) is 13.3. The van der Waals surface area contributed by atoms with Crippen LogP contribution in [0.5, 0.6) is 0 Å². The zero-order chi connectivity index (χ0) is 11.0. The molecule has 0 saturated carbocycles. The lowest BCUT2D eigenvalue weighted by molar-refractivity contribution is 0.464. The van der Waals surface area contributed by atoms with E-state index in [2.05, 4.69) is 27.0 Å². The van der Waals surface area contributed by atoms with Crippen molar-refractivity contribution in [2.75, 3.05) is 0 Å². The van der Waals surface area contributed by atoms with Crippen molar-refractivity contribution in [2.24, 2.45) is 11.7 Å². The molecular formula is C13H25N. The van der Waals surface area contributed by atoms with Gasteiger partial charge in [0, 0.05) is 5.70 Å². The molecule has 0 fully saturated rings. The average Bonchev–Trinajstić information content (AvgIpc) is 2.08. The lowest BCUT2D eigenvalue weighted by Gasteiger charge is -2.10. The van der Waals surface area contributed by atoms with Gasteiger partial charge < -0.3 is 5.73 Å². The van der Waals surface area contributed by atoms with E-state index in [0.717, 1.165) is 18.0 Å². The van der Waals surface area contributed by atoms with Crippen LogP contribution in [0.2, 0.25) is 0 Å². The molecule has 0 aliphatic carbocycles. The van der Waals surface area contributed by atoms with Crippen molar-refractivity contribution in [3.63, 3.8) is 0 Å². The van der Waals surface area contributed by atoms with Crippen molar-refractivity contribution in [2.45, 2.75) is 52.4 Å². The predicted molar refractivity (Wildman–Crippen MR) is 65.0 cm³/mol. The number of hydrogen-bond acceptors (Lipinski definition) is 1. The Hall–Kier alpha value is -0.720. The molecule has 0 aliphatic heterocycles. The fourth-order valence-electron chi connectivity index (χ4n) is 1.50. The van der Waals surface area contributed by atoms with E-state index in [1.54, 1.807) is 0 Å². The standard InChI is InChI=1S/C13H25N/c1-11(2)7-5-6-8-12(3)9-10-13(4)14/h12H,1,4-10,14H2,2-3H3. The Balaban J connectivity index is 3.30. The second-order valence-corrected chi connectivity index (χ2v) is 4.50. The summed E-state index contributed by atoms with van der Waals surface area (Å²) < 4.78 is 0. The smallest absolute Gasteiger partial charge is 0.000754 e. The van der Waals surface area contributed by atoms with E-state index in [9.17, 15) is 0 Å². The molecular weight excluding hydrogens is 170 g/mol. The summed E-state index contributed by atoms with van der Waals surface area (Å²) in [6, 6.07) is 0. The lowest BCUT2D eigenvalue weighted by atomic mass is 9.97. The van der Waals surface area contributed by atoms with Crippen LogP contribution < -0.4 is 5.73 Å². The molecule has 0 radical (unpaired) electrons. The summed E-state index contributed by atoms with van der Waals surface area (Å²) in [5.41, 5.74) is 7.65. The van der Waals surface area contributed by atoms with Gasteiger partial charge in [-0.15, -0.1) is 6.58 Å². The van der Waals surface area contributed by atoms with Gasteiger partial charge in [-0.25, -0.2) is 0 Å². The first-order chi connectivity index (χ1) is 6.52. The first-order valence-corrected chi connectivity index (χ1v) is 5.60. The molecule has 0 aromatic carbocycles. The largest absolute Gasteiger partial charge is 0.403 e. The van der Waals surface area contributed by atoms with E-state index >= 15 is 0 Å². The maximum absolute atomic E-state index is 5.53. The first-order valence-electron chi connectivity index (χ1n) is 5.60. The van der Waals surface area contributed by atoms with Gasteiger partial charge in [0.2, 0.25) is 0 Å². The van der Waals surface area contributed by atoms with E-state index in [4.69, 9.17) is 5.73 Å². The monoisotopic (exact) mass is 195 g/mol. The maximum atomic E-state index is 5.53. The van der Waals surface area contributed by atoms with E-state index in [1.807, 2.05) is 0 Å². The van der Waals surface area contributed by atoms with Gasteiger partial charge in [-0.2, -0.15) is 0 Å². The van der Waals surface area contributed by atoms with E-state index in [-0.39, 0.29) is 0 Å². The Morgan fingerprint density at radius 1 is 1.14 bits per heavy atom. The summed E-state index contributed by atoms with van der Waals surface area (Å²) in [7, 11) is 0. The molecule has 82 valence electrons. The van der Waals surface area contributed by atoms with Crippen LogP contribution in [0, 0.1) is 5.92 Å². The Morgan fingerprint density at radius 3 is 2.29 bits per heavy atom. The van der Waals surface area contributed by atoms with Gasteiger partial charge >= 0.3 is 0 Å². The van der Waals surface area contributed by atoms with Crippen LogP contribution in [0.3, 0.4) is 0 Å². The molecule has 0 heterocycles. The van der Waals surface area contributed by atoms with Crippen LogP contribution >= 0.6 is 0 Å². The maximum Gasteiger partial charge on any atom is 0.000754 e. The molecule has 0 rings (SSSR count). The van der Waals surface area contributed by atoms with Crippen molar-refractivity contribution in [3.8, 4) is 0 Å². The summed E-state index contributed by atoms with van der Waals surface area (Å²) in [5.74, 6) is 0.778. The van der Waals surface area contributed by atoms with Crippen LogP contribution in [0.4, 0.5) is 0 Å². The number of unbranched alkanes of at least 4 members (excludes halogenated alkanes) is 1. The Bertz CT molecular complexity index is 182. The van der Waals surface area contributed by atoms with E-state index in [1.165, 1.54) is 37.7 Å². The molecule has 1 atom stereocenters. The van der Waals surface area contributed by atoms with Gasteiger partial charge in [0.1, 0.15) is 0 Å². The van der Waals surface area contributed by atoms with Gasteiger partial charge in [-0.05, 0) is 38.5 Å². The number of allylic oxidation sites excluding steroid dienone is 2. The van der Waals surface area contributed by atoms with Gasteiger partial charge in [-0.3, -0.25) is 0 Å². The summed E-state index contributed by atoms with van der Waals surface area (Å²) in [5, 5.41) is 0. The molecule has 0 amide bonds. The molecule has 0 aliphatic rings. The summed E-state index contributed by atoms with van der Waals surface area (Å²) >= 11 is 0. The lowest BCUT2D eigenvalue weighted by Crippen LogP contribution is -2.00. The molecule has 2 N–H and O–H groups in total. The minimum atomic E-state index is 0.778. The molecule has 1 unspecified atom stereocenters. The average molecular weight is 195 g/mol. The highest BCUT2D eigenvalue weighted by Crippen LogP contribution is 2.16. The number of hydrogen-bond donors (Lipinski definition) is 1. The second kappa shape index (κ2) is 7.66. The number of rotatable bonds is 8. The predicted octanol–water partition coefficient (Wildman–Crippen LogP) is 4.01. The highest BCUT2D eigenvalue weighted by atomic mass is 14.6. The van der Waals surface area contributed by atoms with Crippen LogP contribution in [-0.4, -0.2) is 0 Å². The highest BCUT2D eigenvalue weighted by molar-refractivity contribution is 4.87. The molecule has 0 aromatic rings. The van der Waals surface area contributed by atoms with Crippen molar-refractivity contribution < 1.29 is 0 Å². The van der Waals surface area contributed by atoms with Gasteiger partial charge in [-0.1, -0.05) is 31.9 Å². The fraction of sp³-hybridized carbons (Fsp3) is 0.692. The third kappa shape index (κ3) is 9.37. The van der Waals surface area contributed by atoms with E-state index in [0.29, 0.717) is 0 Å².